The number of primary amides is 1. The molecule has 0 saturated carbocycles. The summed E-state index contributed by atoms with van der Waals surface area (Å²) in [6.45, 7) is 0. The van der Waals surface area contributed by atoms with Crippen LogP contribution in [0.15, 0.2) is 35.3 Å². The molecule has 86 valence electrons. The molecule has 17 heavy (non-hydrogen) atoms. The van der Waals surface area contributed by atoms with Crippen molar-refractivity contribution in [3.63, 3.8) is 0 Å². The number of nitrogens with one attached hydrogen (secondary N) is 1. The maximum absolute atomic E-state index is 11.5. The zero-order valence-corrected chi connectivity index (χ0v) is 9.36. The Morgan fingerprint density at radius 3 is 2.65 bits per heavy atom. The van der Waals surface area contributed by atoms with Crippen molar-refractivity contribution in [3.8, 4) is 11.4 Å². The second-order valence-corrected chi connectivity index (χ2v) is 3.73. The van der Waals surface area contributed by atoms with Crippen LogP contribution in [0.3, 0.4) is 0 Å². The molecular weight excluding hydrogens is 242 g/mol. The molecule has 0 atom stereocenters. The van der Waals surface area contributed by atoms with Gasteiger partial charge < -0.3 is 10.7 Å². The minimum absolute atomic E-state index is 0.180. The number of amides is 1. The number of hydrogen-bond acceptors (Lipinski definition) is 3. The molecule has 1 amide bonds. The van der Waals surface area contributed by atoms with Crippen LogP contribution in [0.5, 0.6) is 0 Å². The summed E-state index contributed by atoms with van der Waals surface area (Å²) in [5, 5.41) is 0.461. The van der Waals surface area contributed by atoms with Gasteiger partial charge in [-0.1, -0.05) is 23.7 Å². The zero-order valence-electron chi connectivity index (χ0n) is 8.61. The van der Waals surface area contributed by atoms with Crippen LogP contribution in [0.25, 0.3) is 11.4 Å². The van der Waals surface area contributed by atoms with E-state index in [2.05, 4.69) is 9.97 Å². The molecule has 0 aliphatic heterocycles. The molecule has 1 heterocycles. The molecule has 1 aromatic carbocycles. The summed E-state index contributed by atoms with van der Waals surface area (Å²) >= 11 is 5.96. The van der Waals surface area contributed by atoms with E-state index in [0.29, 0.717) is 16.4 Å². The monoisotopic (exact) mass is 249 g/mol. The number of carbonyl (C=O) groups is 1. The number of hydrogen-bond donors (Lipinski definition) is 2. The Labute approximate surface area is 101 Å². The first-order chi connectivity index (χ1) is 8.09. The molecule has 0 aliphatic rings. The van der Waals surface area contributed by atoms with Crippen LogP contribution in [0.4, 0.5) is 0 Å². The van der Waals surface area contributed by atoms with Gasteiger partial charge in [-0.2, -0.15) is 0 Å². The van der Waals surface area contributed by atoms with Crippen molar-refractivity contribution in [1.29, 1.82) is 0 Å². The van der Waals surface area contributed by atoms with Crippen LogP contribution >= 0.6 is 11.6 Å². The first-order valence-electron chi connectivity index (χ1n) is 4.73. The predicted octanol–water partition coefficient (Wildman–Crippen LogP) is 1.19. The van der Waals surface area contributed by atoms with Gasteiger partial charge in [0.05, 0.1) is 5.02 Å². The van der Waals surface area contributed by atoms with Crippen molar-refractivity contribution < 1.29 is 4.79 Å². The van der Waals surface area contributed by atoms with Crippen LogP contribution in [0.2, 0.25) is 5.02 Å². The molecule has 0 bridgehead atoms. The van der Waals surface area contributed by atoms with E-state index in [1.54, 1.807) is 24.3 Å². The van der Waals surface area contributed by atoms with E-state index in [1.807, 2.05) is 0 Å². The minimum atomic E-state index is -0.815. The Hall–Kier alpha value is -2.14. The molecular formula is C11H8ClN3O2. The number of benzene rings is 1. The molecule has 0 radical (unpaired) electrons. The maximum atomic E-state index is 11.5. The SMILES string of the molecule is NC(=O)c1cnc(-c2ccccc2Cl)[nH]c1=O. The van der Waals surface area contributed by atoms with Gasteiger partial charge in [-0.15, -0.1) is 0 Å². The lowest BCUT2D eigenvalue weighted by Gasteiger charge is -2.03. The van der Waals surface area contributed by atoms with Crippen molar-refractivity contribution in [2.45, 2.75) is 0 Å². The zero-order chi connectivity index (χ0) is 12.4. The highest BCUT2D eigenvalue weighted by Crippen LogP contribution is 2.23. The second-order valence-electron chi connectivity index (χ2n) is 3.32. The van der Waals surface area contributed by atoms with Crippen molar-refractivity contribution in [2.24, 2.45) is 5.73 Å². The average Bonchev–Trinajstić information content (AvgIpc) is 2.29. The predicted molar refractivity (Wildman–Crippen MR) is 63.8 cm³/mol. The Bertz CT molecular complexity index is 637. The van der Waals surface area contributed by atoms with E-state index < -0.39 is 11.5 Å². The molecule has 6 heteroatoms. The first kappa shape index (κ1) is 11.3. The lowest BCUT2D eigenvalue weighted by atomic mass is 10.2. The first-order valence-corrected chi connectivity index (χ1v) is 5.11. The molecule has 0 aliphatic carbocycles. The van der Waals surface area contributed by atoms with Gasteiger partial charge in [0.1, 0.15) is 11.4 Å². The van der Waals surface area contributed by atoms with Gasteiger partial charge >= 0.3 is 0 Å². The molecule has 3 N–H and O–H groups in total. The molecule has 2 rings (SSSR count). The molecule has 2 aromatic rings. The fourth-order valence-electron chi connectivity index (χ4n) is 1.36. The van der Waals surface area contributed by atoms with E-state index in [4.69, 9.17) is 17.3 Å². The Morgan fingerprint density at radius 2 is 2.06 bits per heavy atom. The number of carbonyl (C=O) groups excluding carboxylic acids is 1. The summed E-state index contributed by atoms with van der Waals surface area (Å²) in [7, 11) is 0. The molecule has 0 saturated heterocycles. The standard InChI is InChI=1S/C11H8ClN3O2/c12-8-4-2-1-3-6(8)10-14-5-7(9(13)16)11(17)15-10/h1-5H,(H2,13,16)(H,14,15,17). The maximum Gasteiger partial charge on any atom is 0.264 e. The summed E-state index contributed by atoms with van der Waals surface area (Å²) < 4.78 is 0. The lowest BCUT2D eigenvalue weighted by molar-refractivity contribution is 0.0998. The van der Waals surface area contributed by atoms with Crippen LogP contribution in [-0.2, 0) is 0 Å². The van der Waals surface area contributed by atoms with Gasteiger partial charge in [-0.05, 0) is 12.1 Å². The van der Waals surface area contributed by atoms with E-state index in [9.17, 15) is 9.59 Å². The Balaban J connectivity index is 2.57. The highest BCUT2D eigenvalue weighted by atomic mass is 35.5. The molecule has 0 spiro atoms. The minimum Gasteiger partial charge on any atom is -0.365 e. The highest BCUT2D eigenvalue weighted by Gasteiger charge is 2.10. The van der Waals surface area contributed by atoms with Gasteiger partial charge in [-0.3, -0.25) is 9.59 Å². The topological polar surface area (TPSA) is 88.8 Å². The van der Waals surface area contributed by atoms with Crippen LogP contribution in [0.1, 0.15) is 10.4 Å². The van der Waals surface area contributed by atoms with E-state index >= 15 is 0 Å². The Kier molecular flexibility index (Phi) is 2.93. The normalized spacial score (nSPS) is 10.2. The number of nitrogens with zero attached hydrogens (tertiary/aromatic N) is 1. The number of aromatic nitrogens is 2. The fourth-order valence-corrected chi connectivity index (χ4v) is 1.59. The van der Waals surface area contributed by atoms with Crippen molar-refractivity contribution in [3.05, 3.63) is 51.4 Å². The van der Waals surface area contributed by atoms with Gasteiger partial charge in [0.15, 0.2) is 0 Å². The average molecular weight is 250 g/mol. The quantitative estimate of drug-likeness (QED) is 0.838. The fraction of sp³-hybridized carbons (Fsp3) is 0. The highest BCUT2D eigenvalue weighted by molar-refractivity contribution is 6.33. The molecule has 1 aromatic heterocycles. The largest absolute Gasteiger partial charge is 0.365 e. The number of aromatic amines is 1. The molecule has 0 fully saturated rings. The van der Waals surface area contributed by atoms with E-state index in [-0.39, 0.29) is 5.56 Å². The van der Waals surface area contributed by atoms with Gasteiger partial charge in [0.25, 0.3) is 11.5 Å². The number of rotatable bonds is 2. The number of halogens is 1. The summed E-state index contributed by atoms with van der Waals surface area (Å²) in [5.41, 5.74) is 4.83. The van der Waals surface area contributed by atoms with Crippen LogP contribution < -0.4 is 11.3 Å². The van der Waals surface area contributed by atoms with Crippen molar-refractivity contribution in [2.75, 3.05) is 0 Å². The molecule has 0 unspecified atom stereocenters. The third-order valence-corrected chi connectivity index (χ3v) is 2.52. The number of H-pyrrole nitrogens is 1. The molecule has 5 nitrogen and oxygen atoms in total. The van der Waals surface area contributed by atoms with Gasteiger partial charge in [-0.25, -0.2) is 4.98 Å². The van der Waals surface area contributed by atoms with E-state index in [0.717, 1.165) is 6.20 Å². The van der Waals surface area contributed by atoms with Crippen molar-refractivity contribution >= 4 is 17.5 Å². The van der Waals surface area contributed by atoms with Crippen molar-refractivity contribution in [1.82, 2.24) is 9.97 Å². The van der Waals surface area contributed by atoms with Crippen LogP contribution in [-0.4, -0.2) is 15.9 Å². The van der Waals surface area contributed by atoms with Gasteiger partial charge in [0, 0.05) is 11.8 Å². The van der Waals surface area contributed by atoms with Crippen LogP contribution in [0, 0.1) is 0 Å². The summed E-state index contributed by atoms with van der Waals surface area (Å²) in [6, 6.07) is 6.92. The third kappa shape index (κ3) is 2.19. The summed E-state index contributed by atoms with van der Waals surface area (Å²) in [6.07, 6.45) is 1.14. The van der Waals surface area contributed by atoms with Gasteiger partial charge in [0.2, 0.25) is 0 Å². The number of nitrogens with two attached hydrogens (primary N) is 1. The second kappa shape index (κ2) is 4.39. The summed E-state index contributed by atoms with van der Waals surface area (Å²) in [4.78, 5) is 28.8. The third-order valence-electron chi connectivity index (χ3n) is 2.19. The lowest BCUT2D eigenvalue weighted by Crippen LogP contribution is -2.24. The van der Waals surface area contributed by atoms with E-state index in [1.165, 1.54) is 0 Å². The Morgan fingerprint density at radius 1 is 1.35 bits per heavy atom. The summed E-state index contributed by atoms with van der Waals surface area (Å²) in [5.74, 6) is -0.518. The smallest absolute Gasteiger partial charge is 0.264 e.